The highest BCUT2D eigenvalue weighted by Gasteiger charge is 2.18. The number of nitrogens with zero attached hydrogens (tertiary/aromatic N) is 5. The molecule has 6 heteroatoms. The standard InChI is InChI=1S/C14H17N5O/c1-14(2,3)19-13(20)18(10-16-19)9-11-5-4-7-17-8-6-15-12(11)17/h4-8,10H,9H2,1-3H3. The molecule has 0 amide bonds. The number of rotatable bonds is 2. The van der Waals surface area contributed by atoms with Crippen LogP contribution in [0.3, 0.4) is 0 Å². The first kappa shape index (κ1) is 12.7. The first-order valence-corrected chi connectivity index (χ1v) is 6.52. The second-order valence-corrected chi connectivity index (χ2v) is 5.82. The van der Waals surface area contributed by atoms with Gasteiger partial charge in [0.25, 0.3) is 0 Å². The van der Waals surface area contributed by atoms with Crippen molar-refractivity contribution in [1.29, 1.82) is 0 Å². The van der Waals surface area contributed by atoms with Crippen molar-refractivity contribution in [1.82, 2.24) is 23.7 Å². The Morgan fingerprint density at radius 3 is 2.75 bits per heavy atom. The average Bonchev–Trinajstić information content (AvgIpc) is 2.96. The SMILES string of the molecule is CC(C)(C)n1ncn(Cc2cccn3ccnc23)c1=O. The van der Waals surface area contributed by atoms with Gasteiger partial charge in [0.15, 0.2) is 0 Å². The van der Waals surface area contributed by atoms with Crippen molar-refractivity contribution in [3.63, 3.8) is 0 Å². The van der Waals surface area contributed by atoms with Crippen molar-refractivity contribution >= 4 is 5.65 Å². The lowest BCUT2D eigenvalue weighted by molar-refractivity contribution is 0.341. The zero-order valence-corrected chi connectivity index (χ0v) is 11.8. The molecule has 20 heavy (non-hydrogen) atoms. The van der Waals surface area contributed by atoms with E-state index in [0.29, 0.717) is 6.54 Å². The summed E-state index contributed by atoms with van der Waals surface area (Å²) in [7, 11) is 0. The van der Waals surface area contributed by atoms with Crippen LogP contribution in [0.2, 0.25) is 0 Å². The molecule has 3 rings (SSSR count). The molecule has 0 aliphatic carbocycles. The summed E-state index contributed by atoms with van der Waals surface area (Å²) < 4.78 is 5.04. The lowest BCUT2D eigenvalue weighted by Gasteiger charge is -2.16. The second kappa shape index (κ2) is 4.33. The van der Waals surface area contributed by atoms with Crippen LogP contribution in [-0.4, -0.2) is 23.7 Å². The second-order valence-electron chi connectivity index (χ2n) is 5.82. The molecular weight excluding hydrogens is 254 g/mol. The number of imidazole rings is 1. The summed E-state index contributed by atoms with van der Waals surface area (Å²) >= 11 is 0. The molecule has 0 bridgehead atoms. The monoisotopic (exact) mass is 271 g/mol. The largest absolute Gasteiger partial charge is 0.346 e. The van der Waals surface area contributed by atoms with Gasteiger partial charge in [0, 0.05) is 24.2 Å². The zero-order chi connectivity index (χ0) is 14.3. The average molecular weight is 271 g/mol. The van der Waals surface area contributed by atoms with E-state index in [-0.39, 0.29) is 11.2 Å². The smallest absolute Gasteiger partial charge is 0.307 e. The normalized spacial score (nSPS) is 12.2. The molecule has 3 aromatic rings. The van der Waals surface area contributed by atoms with E-state index < -0.39 is 0 Å². The molecule has 104 valence electrons. The quantitative estimate of drug-likeness (QED) is 0.709. The van der Waals surface area contributed by atoms with E-state index in [1.165, 1.54) is 4.68 Å². The molecule has 0 saturated heterocycles. The maximum Gasteiger partial charge on any atom is 0.346 e. The highest BCUT2D eigenvalue weighted by atomic mass is 16.2. The predicted octanol–water partition coefficient (Wildman–Crippen LogP) is 1.50. The predicted molar refractivity (Wildman–Crippen MR) is 75.8 cm³/mol. The molecule has 6 nitrogen and oxygen atoms in total. The number of pyridine rings is 1. The number of aromatic nitrogens is 5. The maximum absolute atomic E-state index is 12.3. The van der Waals surface area contributed by atoms with Gasteiger partial charge in [-0.3, -0.25) is 4.57 Å². The van der Waals surface area contributed by atoms with E-state index in [2.05, 4.69) is 10.1 Å². The maximum atomic E-state index is 12.3. The summed E-state index contributed by atoms with van der Waals surface area (Å²) in [5.41, 5.74) is 1.43. The molecule has 0 unspecified atom stereocenters. The third kappa shape index (κ3) is 2.03. The van der Waals surface area contributed by atoms with Crippen molar-refractivity contribution in [3.8, 4) is 0 Å². The van der Waals surface area contributed by atoms with Gasteiger partial charge in [0.2, 0.25) is 0 Å². The van der Waals surface area contributed by atoms with E-state index in [1.807, 2.05) is 49.7 Å². The summed E-state index contributed by atoms with van der Waals surface area (Å²) in [6.07, 6.45) is 7.16. The minimum absolute atomic E-state index is 0.106. The fraction of sp³-hybridized carbons (Fsp3) is 0.357. The summed E-state index contributed by atoms with van der Waals surface area (Å²) in [6, 6.07) is 3.92. The summed E-state index contributed by atoms with van der Waals surface area (Å²) in [5, 5.41) is 4.19. The van der Waals surface area contributed by atoms with Crippen LogP contribution in [0.25, 0.3) is 5.65 Å². The lowest BCUT2D eigenvalue weighted by Crippen LogP contribution is -2.35. The fourth-order valence-electron chi connectivity index (χ4n) is 2.22. The molecule has 3 aromatic heterocycles. The topological polar surface area (TPSA) is 57.1 Å². The van der Waals surface area contributed by atoms with Crippen molar-refractivity contribution in [3.05, 3.63) is 53.1 Å². The molecule has 0 aromatic carbocycles. The van der Waals surface area contributed by atoms with Crippen molar-refractivity contribution in [2.75, 3.05) is 0 Å². The molecule has 0 aliphatic rings. The molecule has 0 saturated carbocycles. The van der Waals surface area contributed by atoms with Crippen LogP contribution in [0.4, 0.5) is 0 Å². The minimum Gasteiger partial charge on any atom is -0.307 e. The van der Waals surface area contributed by atoms with E-state index in [0.717, 1.165) is 11.2 Å². The zero-order valence-electron chi connectivity index (χ0n) is 11.8. The Labute approximate surface area is 116 Å². The van der Waals surface area contributed by atoms with Gasteiger partial charge >= 0.3 is 5.69 Å². The Morgan fingerprint density at radius 1 is 1.25 bits per heavy atom. The van der Waals surface area contributed by atoms with Crippen LogP contribution in [0.1, 0.15) is 26.3 Å². The van der Waals surface area contributed by atoms with Crippen LogP contribution in [0.5, 0.6) is 0 Å². The summed E-state index contributed by atoms with van der Waals surface area (Å²) in [6.45, 7) is 6.35. The Morgan fingerprint density at radius 2 is 2.05 bits per heavy atom. The van der Waals surface area contributed by atoms with Gasteiger partial charge < -0.3 is 4.40 Å². The number of fused-ring (bicyclic) bond motifs is 1. The third-order valence-electron chi connectivity index (χ3n) is 3.21. The van der Waals surface area contributed by atoms with Gasteiger partial charge in [-0.1, -0.05) is 6.07 Å². The molecule has 0 atom stereocenters. The molecule has 0 fully saturated rings. The van der Waals surface area contributed by atoms with Gasteiger partial charge in [-0.2, -0.15) is 5.10 Å². The van der Waals surface area contributed by atoms with Crippen molar-refractivity contribution in [2.24, 2.45) is 0 Å². The highest BCUT2D eigenvalue weighted by Crippen LogP contribution is 2.11. The van der Waals surface area contributed by atoms with Crippen molar-refractivity contribution < 1.29 is 0 Å². The molecule has 0 N–H and O–H groups in total. The van der Waals surface area contributed by atoms with Crippen LogP contribution in [-0.2, 0) is 12.1 Å². The Kier molecular flexibility index (Phi) is 2.74. The Balaban J connectivity index is 2.02. The Hall–Kier alpha value is -2.37. The highest BCUT2D eigenvalue weighted by molar-refractivity contribution is 5.47. The van der Waals surface area contributed by atoms with Gasteiger partial charge in [0.05, 0.1) is 12.1 Å². The first-order valence-electron chi connectivity index (χ1n) is 6.52. The van der Waals surface area contributed by atoms with Crippen LogP contribution in [0.15, 0.2) is 41.8 Å². The minimum atomic E-state index is -0.318. The molecule has 0 radical (unpaired) electrons. The molecule has 3 heterocycles. The van der Waals surface area contributed by atoms with Gasteiger partial charge in [-0.15, -0.1) is 0 Å². The number of hydrogen-bond donors (Lipinski definition) is 0. The van der Waals surface area contributed by atoms with Gasteiger partial charge in [-0.25, -0.2) is 14.5 Å². The fourth-order valence-corrected chi connectivity index (χ4v) is 2.22. The van der Waals surface area contributed by atoms with E-state index >= 15 is 0 Å². The Bertz CT molecular complexity index is 803. The first-order chi connectivity index (χ1) is 9.47. The molecule has 0 spiro atoms. The lowest BCUT2D eigenvalue weighted by atomic mass is 10.1. The van der Waals surface area contributed by atoms with Crippen molar-refractivity contribution in [2.45, 2.75) is 32.9 Å². The van der Waals surface area contributed by atoms with Gasteiger partial charge in [0.1, 0.15) is 12.0 Å². The van der Waals surface area contributed by atoms with Gasteiger partial charge in [-0.05, 0) is 26.8 Å². The molecule has 0 aliphatic heterocycles. The molecular formula is C14H17N5O. The van der Waals surface area contributed by atoms with Crippen LogP contribution in [0, 0.1) is 0 Å². The van der Waals surface area contributed by atoms with Crippen LogP contribution < -0.4 is 5.69 Å². The van der Waals surface area contributed by atoms with Crippen LogP contribution >= 0.6 is 0 Å². The van der Waals surface area contributed by atoms with E-state index in [9.17, 15) is 4.79 Å². The van der Waals surface area contributed by atoms with E-state index in [4.69, 9.17) is 0 Å². The number of hydrogen-bond acceptors (Lipinski definition) is 3. The van der Waals surface area contributed by atoms with E-state index in [1.54, 1.807) is 17.1 Å². The third-order valence-corrected chi connectivity index (χ3v) is 3.21. The summed E-state index contributed by atoms with van der Waals surface area (Å²) in [5.74, 6) is 0. The summed E-state index contributed by atoms with van der Waals surface area (Å²) in [4.78, 5) is 16.7.